The summed E-state index contributed by atoms with van der Waals surface area (Å²) in [5.41, 5.74) is 1.07. The first-order chi connectivity index (χ1) is 9.06. The van der Waals surface area contributed by atoms with Crippen LogP contribution in [0.25, 0.3) is 0 Å². The summed E-state index contributed by atoms with van der Waals surface area (Å²) in [4.78, 5) is 26.2. The molecular formula is C12H11N3O3S. The molecule has 0 saturated carbocycles. The lowest BCUT2D eigenvalue weighted by Gasteiger charge is -2.02. The number of carbonyl (C=O) groups excluding carboxylic acids is 1. The normalized spacial score (nSPS) is 10.2. The van der Waals surface area contributed by atoms with Gasteiger partial charge in [0.25, 0.3) is 11.6 Å². The van der Waals surface area contributed by atoms with Crippen LogP contribution in [0.4, 0.5) is 5.69 Å². The summed E-state index contributed by atoms with van der Waals surface area (Å²) >= 11 is 1.46. The Morgan fingerprint density at radius 2 is 2.32 bits per heavy atom. The van der Waals surface area contributed by atoms with Crippen molar-refractivity contribution in [3.05, 3.63) is 56.0 Å². The number of aromatic nitrogens is 1. The third kappa shape index (κ3) is 3.35. The van der Waals surface area contributed by atoms with Crippen LogP contribution in [-0.4, -0.2) is 15.8 Å². The highest BCUT2D eigenvalue weighted by molar-refractivity contribution is 7.09. The molecular weight excluding hydrogens is 266 g/mol. The van der Waals surface area contributed by atoms with Crippen LogP contribution in [0.15, 0.2) is 29.6 Å². The molecule has 1 aromatic carbocycles. The number of nitro groups is 1. The Labute approximate surface area is 113 Å². The SMILES string of the molecule is Cc1csc(CNC(=O)c2cccc([N+](=O)[O-])c2)n1. The monoisotopic (exact) mass is 277 g/mol. The Morgan fingerprint density at radius 3 is 2.95 bits per heavy atom. The van der Waals surface area contributed by atoms with Crippen LogP contribution in [0, 0.1) is 17.0 Å². The van der Waals surface area contributed by atoms with E-state index in [1.54, 1.807) is 0 Å². The van der Waals surface area contributed by atoms with Gasteiger partial charge in [-0.05, 0) is 13.0 Å². The van der Waals surface area contributed by atoms with Crippen molar-refractivity contribution in [1.29, 1.82) is 0 Å². The van der Waals surface area contributed by atoms with Crippen LogP contribution < -0.4 is 5.32 Å². The molecule has 0 saturated heterocycles. The number of nitro benzene ring substituents is 1. The first kappa shape index (κ1) is 13.2. The molecule has 1 N–H and O–H groups in total. The van der Waals surface area contributed by atoms with E-state index in [2.05, 4.69) is 10.3 Å². The third-order valence-corrected chi connectivity index (χ3v) is 3.35. The number of amides is 1. The Hall–Kier alpha value is -2.28. The van der Waals surface area contributed by atoms with Gasteiger partial charge in [-0.1, -0.05) is 6.07 Å². The highest BCUT2D eigenvalue weighted by Gasteiger charge is 2.11. The average molecular weight is 277 g/mol. The molecule has 0 aliphatic carbocycles. The summed E-state index contributed by atoms with van der Waals surface area (Å²) in [6.07, 6.45) is 0. The predicted molar refractivity (Wildman–Crippen MR) is 71.1 cm³/mol. The molecule has 0 spiro atoms. The van der Waals surface area contributed by atoms with Gasteiger partial charge in [-0.2, -0.15) is 0 Å². The molecule has 0 atom stereocenters. The Balaban J connectivity index is 2.03. The molecule has 0 fully saturated rings. The highest BCUT2D eigenvalue weighted by Crippen LogP contribution is 2.13. The number of benzene rings is 1. The summed E-state index contributed by atoms with van der Waals surface area (Å²) < 4.78 is 0. The number of thiazole rings is 1. The van der Waals surface area contributed by atoms with Crippen molar-refractivity contribution in [1.82, 2.24) is 10.3 Å². The van der Waals surface area contributed by atoms with Crippen molar-refractivity contribution in [3.63, 3.8) is 0 Å². The van der Waals surface area contributed by atoms with Gasteiger partial charge in [0.2, 0.25) is 0 Å². The number of aryl methyl sites for hydroxylation is 1. The maximum atomic E-state index is 11.8. The highest BCUT2D eigenvalue weighted by atomic mass is 32.1. The molecule has 0 bridgehead atoms. The van der Waals surface area contributed by atoms with Gasteiger partial charge >= 0.3 is 0 Å². The lowest BCUT2D eigenvalue weighted by atomic mass is 10.2. The van der Waals surface area contributed by atoms with Crippen LogP contribution in [-0.2, 0) is 6.54 Å². The number of hydrogen-bond acceptors (Lipinski definition) is 5. The molecule has 6 nitrogen and oxygen atoms in total. The molecule has 19 heavy (non-hydrogen) atoms. The van der Waals surface area contributed by atoms with Crippen LogP contribution >= 0.6 is 11.3 Å². The van der Waals surface area contributed by atoms with Crippen LogP contribution in [0.1, 0.15) is 21.1 Å². The quantitative estimate of drug-likeness (QED) is 0.686. The van der Waals surface area contributed by atoms with Crippen molar-refractivity contribution in [2.24, 2.45) is 0 Å². The second-order valence-electron chi connectivity index (χ2n) is 3.87. The molecule has 98 valence electrons. The van der Waals surface area contributed by atoms with Gasteiger partial charge in [0.15, 0.2) is 0 Å². The summed E-state index contributed by atoms with van der Waals surface area (Å²) in [5, 5.41) is 16.0. The van der Waals surface area contributed by atoms with Crippen LogP contribution in [0.5, 0.6) is 0 Å². The minimum absolute atomic E-state index is 0.0993. The van der Waals surface area contributed by atoms with E-state index in [0.717, 1.165) is 10.7 Å². The fraction of sp³-hybridized carbons (Fsp3) is 0.167. The molecule has 1 amide bonds. The van der Waals surface area contributed by atoms with E-state index in [4.69, 9.17) is 0 Å². The molecule has 0 aliphatic heterocycles. The lowest BCUT2D eigenvalue weighted by molar-refractivity contribution is -0.384. The smallest absolute Gasteiger partial charge is 0.270 e. The van der Waals surface area contributed by atoms with Crippen molar-refractivity contribution in [3.8, 4) is 0 Å². The first-order valence-electron chi connectivity index (χ1n) is 5.50. The molecule has 2 rings (SSSR count). The number of hydrogen-bond donors (Lipinski definition) is 1. The second kappa shape index (κ2) is 5.57. The largest absolute Gasteiger partial charge is 0.346 e. The van der Waals surface area contributed by atoms with Crippen LogP contribution in [0.2, 0.25) is 0 Å². The maximum Gasteiger partial charge on any atom is 0.270 e. The van der Waals surface area contributed by atoms with E-state index < -0.39 is 4.92 Å². The van der Waals surface area contributed by atoms with Gasteiger partial charge in [-0.25, -0.2) is 4.98 Å². The van der Waals surface area contributed by atoms with Crippen LogP contribution in [0.3, 0.4) is 0 Å². The molecule has 1 heterocycles. The van der Waals surface area contributed by atoms with Gasteiger partial charge in [0, 0.05) is 28.8 Å². The van der Waals surface area contributed by atoms with E-state index in [1.165, 1.54) is 35.6 Å². The minimum atomic E-state index is -0.527. The van der Waals surface area contributed by atoms with E-state index in [-0.39, 0.29) is 17.2 Å². The standard InChI is InChI=1S/C12H11N3O3S/c1-8-7-19-11(14-8)6-13-12(16)9-3-2-4-10(5-9)15(17)18/h2-5,7H,6H2,1H3,(H,13,16). The van der Waals surface area contributed by atoms with Crippen molar-refractivity contribution in [2.45, 2.75) is 13.5 Å². The maximum absolute atomic E-state index is 11.8. The number of non-ortho nitro benzene ring substituents is 1. The lowest BCUT2D eigenvalue weighted by Crippen LogP contribution is -2.22. The zero-order valence-corrected chi connectivity index (χ0v) is 10.9. The zero-order chi connectivity index (χ0) is 13.8. The van der Waals surface area contributed by atoms with Gasteiger partial charge in [-0.3, -0.25) is 14.9 Å². The Bertz CT molecular complexity index is 624. The predicted octanol–water partition coefficient (Wildman–Crippen LogP) is 2.29. The van der Waals surface area contributed by atoms with E-state index >= 15 is 0 Å². The van der Waals surface area contributed by atoms with E-state index in [0.29, 0.717) is 6.54 Å². The zero-order valence-electron chi connectivity index (χ0n) is 10.1. The number of carbonyl (C=O) groups is 1. The third-order valence-electron chi connectivity index (χ3n) is 2.39. The Morgan fingerprint density at radius 1 is 1.53 bits per heavy atom. The average Bonchev–Trinajstić information content (AvgIpc) is 2.82. The summed E-state index contributed by atoms with van der Waals surface area (Å²) in [6, 6.07) is 5.62. The molecule has 1 aromatic heterocycles. The van der Waals surface area contributed by atoms with Gasteiger partial charge in [0.1, 0.15) is 5.01 Å². The minimum Gasteiger partial charge on any atom is -0.346 e. The van der Waals surface area contributed by atoms with Gasteiger partial charge in [0.05, 0.1) is 11.5 Å². The van der Waals surface area contributed by atoms with E-state index in [1.807, 2.05) is 12.3 Å². The van der Waals surface area contributed by atoms with E-state index in [9.17, 15) is 14.9 Å². The molecule has 0 aliphatic rings. The molecule has 7 heteroatoms. The second-order valence-corrected chi connectivity index (χ2v) is 4.82. The first-order valence-corrected chi connectivity index (χ1v) is 6.38. The van der Waals surface area contributed by atoms with Gasteiger partial charge in [-0.15, -0.1) is 11.3 Å². The van der Waals surface area contributed by atoms with Crippen molar-refractivity contribution < 1.29 is 9.72 Å². The summed E-state index contributed by atoms with van der Waals surface area (Å²) in [7, 11) is 0. The number of rotatable bonds is 4. The number of nitrogens with zero attached hydrogens (tertiary/aromatic N) is 2. The van der Waals surface area contributed by atoms with Gasteiger partial charge < -0.3 is 5.32 Å². The molecule has 0 radical (unpaired) electrons. The summed E-state index contributed by atoms with van der Waals surface area (Å²) in [5.74, 6) is -0.350. The molecule has 2 aromatic rings. The fourth-order valence-corrected chi connectivity index (χ4v) is 2.21. The summed E-state index contributed by atoms with van der Waals surface area (Å²) in [6.45, 7) is 2.20. The fourth-order valence-electron chi connectivity index (χ4n) is 1.50. The van der Waals surface area contributed by atoms with Crippen molar-refractivity contribution in [2.75, 3.05) is 0 Å². The Kier molecular flexibility index (Phi) is 3.86. The molecule has 0 unspecified atom stereocenters. The topological polar surface area (TPSA) is 85.1 Å². The van der Waals surface area contributed by atoms with Crippen molar-refractivity contribution >= 4 is 22.9 Å². The number of nitrogens with one attached hydrogen (secondary N) is 1.